The molecule has 0 saturated heterocycles. The van der Waals surface area contributed by atoms with Gasteiger partial charge in [0.05, 0.1) is 11.3 Å². The predicted molar refractivity (Wildman–Crippen MR) is 109 cm³/mol. The highest BCUT2D eigenvalue weighted by Crippen LogP contribution is 2.36. The van der Waals surface area contributed by atoms with E-state index < -0.39 is 23.8 Å². The second kappa shape index (κ2) is 9.01. The number of carbonyl (C=O) groups is 2. The molecular formula is C19H19F3N8O2. The number of nitrogen functional groups attached to an aromatic ring is 1. The van der Waals surface area contributed by atoms with Crippen molar-refractivity contribution in [1.29, 1.82) is 0 Å². The van der Waals surface area contributed by atoms with E-state index in [1.807, 2.05) is 5.43 Å². The highest BCUT2D eigenvalue weighted by Gasteiger charge is 2.35. The van der Waals surface area contributed by atoms with E-state index in [-0.39, 0.29) is 22.6 Å². The number of rotatable bonds is 5. The van der Waals surface area contributed by atoms with Gasteiger partial charge in [-0.1, -0.05) is 0 Å². The topological polar surface area (TPSA) is 140 Å². The summed E-state index contributed by atoms with van der Waals surface area (Å²) >= 11 is 0. The fourth-order valence-corrected chi connectivity index (χ4v) is 2.94. The predicted octanol–water partition coefficient (Wildman–Crippen LogP) is 2.31. The van der Waals surface area contributed by atoms with E-state index in [0.29, 0.717) is 17.7 Å². The number of aromatic nitrogens is 4. The Bertz CT molecular complexity index is 1160. The molecule has 0 saturated carbocycles. The molecule has 0 bridgehead atoms. The van der Waals surface area contributed by atoms with E-state index in [0.717, 1.165) is 10.7 Å². The minimum absolute atomic E-state index is 0.105. The fourth-order valence-electron chi connectivity index (χ4n) is 2.94. The van der Waals surface area contributed by atoms with E-state index in [1.54, 1.807) is 6.92 Å². The number of nitrogens with one attached hydrogen (secondary N) is 3. The summed E-state index contributed by atoms with van der Waals surface area (Å²) in [7, 11) is 1.36. The van der Waals surface area contributed by atoms with Crippen LogP contribution in [0.15, 0.2) is 36.8 Å². The van der Waals surface area contributed by atoms with Gasteiger partial charge in [0.1, 0.15) is 5.82 Å². The van der Waals surface area contributed by atoms with Gasteiger partial charge in [0.15, 0.2) is 5.69 Å². The van der Waals surface area contributed by atoms with Crippen LogP contribution in [-0.4, -0.2) is 38.2 Å². The van der Waals surface area contributed by atoms with Crippen LogP contribution in [0.2, 0.25) is 0 Å². The molecule has 32 heavy (non-hydrogen) atoms. The minimum Gasteiger partial charge on any atom is -0.338 e. The number of aryl methyl sites for hydroxylation is 1. The average molecular weight is 448 g/mol. The zero-order valence-corrected chi connectivity index (χ0v) is 17.0. The summed E-state index contributed by atoms with van der Waals surface area (Å²) in [4.78, 5) is 31.9. The van der Waals surface area contributed by atoms with Crippen LogP contribution in [0.1, 0.15) is 23.0 Å². The van der Waals surface area contributed by atoms with Crippen molar-refractivity contribution in [2.75, 3.05) is 11.9 Å². The molecule has 0 aromatic carbocycles. The van der Waals surface area contributed by atoms with Gasteiger partial charge in [-0.15, -0.1) is 0 Å². The largest absolute Gasteiger partial charge is 0.435 e. The average Bonchev–Trinajstić information content (AvgIpc) is 3.15. The number of nitrogens with zero attached hydrogens (tertiary/aromatic N) is 4. The van der Waals surface area contributed by atoms with Gasteiger partial charge in [0, 0.05) is 48.9 Å². The number of hydrazine groups is 1. The number of anilines is 1. The van der Waals surface area contributed by atoms with Gasteiger partial charge in [-0.2, -0.15) is 18.3 Å². The van der Waals surface area contributed by atoms with Crippen molar-refractivity contribution in [3.63, 3.8) is 0 Å². The second-order valence-corrected chi connectivity index (χ2v) is 6.57. The second-order valence-electron chi connectivity index (χ2n) is 6.57. The van der Waals surface area contributed by atoms with Crippen molar-refractivity contribution in [2.24, 2.45) is 12.9 Å². The summed E-state index contributed by atoms with van der Waals surface area (Å²) in [6.45, 7) is 2.10. The molecule has 3 aromatic rings. The molecule has 0 radical (unpaired) electrons. The van der Waals surface area contributed by atoms with E-state index in [9.17, 15) is 22.8 Å². The Labute approximate surface area is 180 Å². The maximum absolute atomic E-state index is 13.2. The van der Waals surface area contributed by atoms with Crippen LogP contribution in [-0.2, 0) is 13.2 Å². The van der Waals surface area contributed by atoms with Gasteiger partial charge < -0.3 is 5.32 Å². The lowest BCUT2D eigenvalue weighted by Gasteiger charge is -2.13. The molecule has 3 amide bonds. The number of pyridine rings is 2. The highest BCUT2D eigenvalue weighted by molar-refractivity contribution is 5.96. The number of hydrogen-bond acceptors (Lipinski definition) is 6. The summed E-state index contributed by atoms with van der Waals surface area (Å²) in [5.41, 5.74) is 2.21. The maximum atomic E-state index is 13.2. The molecule has 0 atom stereocenters. The van der Waals surface area contributed by atoms with Crippen LogP contribution >= 0.6 is 0 Å². The maximum Gasteiger partial charge on any atom is 0.435 e. The fraction of sp³-hybridized carbons (Fsp3) is 0.211. The zero-order valence-electron chi connectivity index (χ0n) is 17.0. The number of carbonyl (C=O) groups excluding carboxylic acids is 2. The molecular weight excluding hydrogens is 429 g/mol. The number of halogens is 3. The number of hydrogen-bond donors (Lipinski definition) is 4. The van der Waals surface area contributed by atoms with Gasteiger partial charge >= 0.3 is 12.2 Å². The van der Waals surface area contributed by atoms with Gasteiger partial charge in [-0.05, 0) is 25.1 Å². The molecule has 0 aliphatic carbocycles. The summed E-state index contributed by atoms with van der Waals surface area (Å²) in [6, 6.07) is 3.24. The van der Waals surface area contributed by atoms with Crippen molar-refractivity contribution >= 4 is 17.8 Å². The van der Waals surface area contributed by atoms with Crippen LogP contribution < -0.4 is 21.9 Å². The molecule has 0 aliphatic heterocycles. The third-order valence-corrected chi connectivity index (χ3v) is 4.37. The molecule has 3 aromatic heterocycles. The van der Waals surface area contributed by atoms with Crippen LogP contribution in [0, 0.1) is 0 Å². The van der Waals surface area contributed by atoms with Crippen molar-refractivity contribution in [3.8, 4) is 22.4 Å². The number of amides is 3. The van der Waals surface area contributed by atoms with Crippen LogP contribution in [0.4, 0.5) is 23.8 Å². The monoisotopic (exact) mass is 448 g/mol. The number of urea groups is 1. The number of alkyl halides is 3. The van der Waals surface area contributed by atoms with E-state index >= 15 is 0 Å². The Balaban J connectivity index is 2.17. The smallest absolute Gasteiger partial charge is 0.338 e. The Kier molecular flexibility index (Phi) is 6.39. The summed E-state index contributed by atoms with van der Waals surface area (Å²) in [5.74, 6) is 4.67. The molecule has 3 heterocycles. The Morgan fingerprint density at radius 1 is 1.12 bits per heavy atom. The Hall–Kier alpha value is -4.00. The first-order valence-corrected chi connectivity index (χ1v) is 9.27. The molecule has 0 aliphatic rings. The first-order chi connectivity index (χ1) is 15.1. The lowest BCUT2D eigenvalue weighted by molar-refractivity contribution is -0.141. The molecule has 168 valence electrons. The zero-order chi connectivity index (χ0) is 23.5. The van der Waals surface area contributed by atoms with Crippen molar-refractivity contribution in [3.05, 3.63) is 48.0 Å². The molecule has 3 rings (SSSR count). The Morgan fingerprint density at radius 2 is 1.88 bits per heavy atom. The SMILES string of the molecule is CCNC(=O)Nc1cc(-c2cc(C(F)(F)F)nn2C)c(-c2cncc(C(=O)NN)c2)cn1. The van der Waals surface area contributed by atoms with Gasteiger partial charge in [-0.25, -0.2) is 15.6 Å². The molecule has 13 heteroatoms. The first-order valence-electron chi connectivity index (χ1n) is 9.27. The van der Waals surface area contributed by atoms with Crippen LogP contribution in [0.5, 0.6) is 0 Å². The third-order valence-electron chi connectivity index (χ3n) is 4.37. The van der Waals surface area contributed by atoms with E-state index in [2.05, 4.69) is 25.7 Å². The molecule has 10 nitrogen and oxygen atoms in total. The van der Waals surface area contributed by atoms with E-state index in [1.165, 1.54) is 37.8 Å². The molecule has 0 fully saturated rings. The first kappa shape index (κ1) is 22.7. The van der Waals surface area contributed by atoms with Gasteiger partial charge in [0.2, 0.25) is 0 Å². The number of nitrogens with two attached hydrogens (primary N) is 1. The molecule has 0 spiro atoms. The minimum atomic E-state index is -4.65. The lowest BCUT2D eigenvalue weighted by Crippen LogP contribution is -2.30. The van der Waals surface area contributed by atoms with Gasteiger partial charge in [0.25, 0.3) is 5.91 Å². The van der Waals surface area contributed by atoms with Crippen LogP contribution in [0.3, 0.4) is 0 Å². The lowest BCUT2D eigenvalue weighted by atomic mass is 9.99. The highest BCUT2D eigenvalue weighted by atomic mass is 19.4. The normalized spacial score (nSPS) is 11.2. The summed E-state index contributed by atoms with van der Waals surface area (Å²) in [5, 5.41) is 8.60. The molecule has 5 N–H and O–H groups in total. The standard InChI is InChI=1S/C19H19F3N8O2/c1-3-25-18(32)27-16-5-12(14-6-15(19(20,21)22)29-30(14)2)13(9-26-16)10-4-11(8-24-7-10)17(31)28-23/h4-9H,3,23H2,1-2H3,(H,28,31)(H2,25,26,27,32). The summed E-state index contributed by atoms with van der Waals surface area (Å²) in [6.07, 6.45) is -0.578. The Morgan fingerprint density at radius 3 is 2.50 bits per heavy atom. The van der Waals surface area contributed by atoms with Crippen molar-refractivity contribution in [1.82, 2.24) is 30.5 Å². The third kappa shape index (κ3) is 4.83. The quantitative estimate of drug-likeness (QED) is 0.268. The van der Waals surface area contributed by atoms with Gasteiger partial charge in [-0.3, -0.25) is 25.2 Å². The summed E-state index contributed by atoms with van der Waals surface area (Å²) < 4.78 is 40.7. The van der Waals surface area contributed by atoms with Crippen molar-refractivity contribution in [2.45, 2.75) is 13.1 Å². The van der Waals surface area contributed by atoms with Crippen LogP contribution in [0.25, 0.3) is 22.4 Å². The van der Waals surface area contributed by atoms with Crippen molar-refractivity contribution < 1.29 is 22.8 Å². The molecule has 0 unspecified atom stereocenters. The van der Waals surface area contributed by atoms with E-state index in [4.69, 9.17) is 5.84 Å².